The summed E-state index contributed by atoms with van der Waals surface area (Å²) in [6, 6.07) is 3.49. The van der Waals surface area contributed by atoms with Crippen LogP contribution in [0.2, 0.25) is 0 Å². The SMILES string of the molecule is CCOC(=O)c1noc(-c2ccc(OC)cc2C(F)(F)F)c1CC. The molecule has 0 aliphatic carbocycles. The molecule has 0 spiro atoms. The zero-order valence-corrected chi connectivity index (χ0v) is 13.4. The van der Waals surface area contributed by atoms with Gasteiger partial charge in [0.05, 0.1) is 19.3 Å². The molecule has 0 aliphatic rings. The summed E-state index contributed by atoms with van der Waals surface area (Å²) >= 11 is 0. The van der Waals surface area contributed by atoms with Crippen molar-refractivity contribution in [2.45, 2.75) is 26.4 Å². The van der Waals surface area contributed by atoms with Crippen LogP contribution in [0.1, 0.15) is 35.5 Å². The highest BCUT2D eigenvalue weighted by atomic mass is 19.4. The van der Waals surface area contributed by atoms with E-state index in [-0.39, 0.29) is 41.4 Å². The molecule has 0 bridgehead atoms. The monoisotopic (exact) mass is 343 g/mol. The smallest absolute Gasteiger partial charge is 0.417 e. The number of nitrogens with zero attached hydrogens (tertiary/aromatic N) is 1. The summed E-state index contributed by atoms with van der Waals surface area (Å²) in [7, 11) is 1.28. The normalized spacial score (nSPS) is 11.4. The Morgan fingerprint density at radius 1 is 1.29 bits per heavy atom. The quantitative estimate of drug-likeness (QED) is 0.765. The van der Waals surface area contributed by atoms with Crippen molar-refractivity contribution in [3.05, 3.63) is 35.0 Å². The highest BCUT2D eigenvalue weighted by molar-refractivity contribution is 5.91. The molecule has 8 heteroatoms. The van der Waals surface area contributed by atoms with Crippen molar-refractivity contribution in [3.8, 4) is 17.1 Å². The molecule has 130 valence electrons. The van der Waals surface area contributed by atoms with Gasteiger partial charge in [-0.05, 0) is 31.5 Å². The number of aromatic nitrogens is 1. The van der Waals surface area contributed by atoms with E-state index in [0.717, 1.165) is 6.07 Å². The topological polar surface area (TPSA) is 61.6 Å². The number of benzene rings is 1. The summed E-state index contributed by atoms with van der Waals surface area (Å²) in [6.45, 7) is 3.44. The lowest BCUT2D eigenvalue weighted by molar-refractivity contribution is -0.137. The summed E-state index contributed by atoms with van der Waals surface area (Å²) in [5.74, 6) is -0.767. The summed E-state index contributed by atoms with van der Waals surface area (Å²) in [4.78, 5) is 11.9. The van der Waals surface area contributed by atoms with E-state index in [2.05, 4.69) is 5.16 Å². The van der Waals surface area contributed by atoms with E-state index in [0.29, 0.717) is 0 Å². The Bertz CT molecular complexity index is 737. The van der Waals surface area contributed by atoms with E-state index in [9.17, 15) is 18.0 Å². The van der Waals surface area contributed by atoms with Gasteiger partial charge < -0.3 is 14.0 Å². The first-order valence-electron chi connectivity index (χ1n) is 7.24. The van der Waals surface area contributed by atoms with E-state index in [1.54, 1.807) is 13.8 Å². The number of ether oxygens (including phenoxy) is 2. The van der Waals surface area contributed by atoms with E-state index >= 15 is 0 Å². The summed E-state index contributed by atoms with van der Waals surface area (Å²) in [6.07, 6.45) is -4.36. The van der Waals surface area contributed by atoms with Crippen LogP contribution in [0.15, 0.2) is 22.7 Å². The van der Waals surface area contributed by atoms with Gasteiger partial charge >= 0.3 is 12.1 Å². The number of carbonyl (C=O) groups is 1. The molecule has 0 fully saturated rings. The van der Waals surface area contributed by atoms with E-state index in [1.165, 1.54) is 19.2 Å². The molecule has 0 amide bonds. The van der Waals surface area contributed by atoms with Crippen molar-refractivity contribution in [2.24, 2.45) is 0 Å². The Morgan fingerprint density at radius 3 is 2.54 bits per heavy atom. The predicted molar refractivity (Wildman–Crippen MR) is 78.8 cm³/mol. The van der Waals surface area contributed by atoms with Crippen LogP contribution in [-0.2, 0) is 17.3 Å². The predicted octanol–water partition coefficient (Wildman–Crippen LogP) is 4.11. The molecule has 24 heavy (non-hydrogen) atoms. The van der Waals surface area contributed by atoms with Crippen LogP contribution in [0.3, 0.4) is 0 Å². The van der Waals surface area contributed by atoms with Gasteiger partial charge in [0, 0.05) is 11.1 Å². The molecule has 1 heterocycles. The lowest BCUT2D eigenvalue weighted by Crippen LogP contribution is -2.09. The number of methoxy groups -OCH3 is 1. The van der Waals surface area contributed by atoms with Crippen molar-refractivity contribution >= 4 is 5.97 Å². The third-order valence-corrected chi connectivity index (χ3v) is 3.39. The number of esters is 1. The average Bonchev–Trinajstić information content (AvgIpc) is 2.97. The fraction of sp³-hybridized carbons (Fsp3) is 0.375. The standard InChI is InChI=1S/C16H16F3NO4/c1-4-10-13(15(21)23-5-2)20-24-14(10)11-7-6-9(22-3)8-12(11)16(17,18)19/h6-8H,4-5H2,1-3H3. The summed E-state index contributed by atoms with van der Waals surface area (Å²) in [5, 5.41) is 3.60. The molecular formula is C16H16F3NO4. The molecule has 2 rings (SSSR count). The minimum atomic E-state index is -4.62. The van der Waals surface area contributed by atoms with Crippen LogP contribution in [0.4, 0.5) is 13.2 Å². The van der Waals surface area contributed by atoms with Gasteiger partial charge in [-0.3, -0.25) is 0 Å². The third kappa shape index (κ3) is 3.37. The fourth-order valence-corrected chi connectivity index (χ4v) is 2.29. The fourth-order valence-electron chi connectivity index (χ4n) is 2.29. The first-order chi connectivity index (χ1) is 11.3. The average molecular weight is 343 g/mol. The first kappa shape index (κ1) is 17.8. The van der Waals surface area contributed by atoms with Gasteiger partial charge in [-0.1, -0.05) is 12.1 Å². The molecule has 0 N–H and O–H groups in total. The molecule has 2 aromatic rings. The largest absolute Gasteiger partial charge is 0.497 e. The minimum absolute atomic E-state index is 0.0641. The van der Waals surface area contributed by atoms with Crippen LogP contribution < -0.4 is 4.74 Å². The molecule has 0 aliphatic heterocycles. The number of carbonyl (C=O) groups excluding carboxylic acids is 1. The number of rotatable bonds is 5. The first-order valence-corrected chi connectivity index (χ1v) is 7.24. The highest BCUT2D eigenvalue weighted by Crippen LogP contribution is 2.40. The Labute approximate surface area is 136 Å². The number of halogens is 3. The second kappa shape index (κ2) is 6.94. The van der Waals surface area contributed by atoms with Crippen molar-refractivity contribution < 1.29 is 32.0 Å². The lowest BCUT2D eigenvalue weighted by Gasteiger charge is -2.13. The maximum atomic E-state index is 13.4. The van der Waals surface area contributed by atoms with Gasteiger partial charge in [0.1, 0.15) is 5.75 Å². The molecule has 0 unspecified atom stereocenters. The molecule has 0 atom stereocenters. The molecule has 0 saturated carbocycles. The molecular weight excluding hydrogens is 327 g/mol. The molecule has 0 radical (unpaired) electrons. The Kier molecular flexibility index (Phi) is 5.16. The maximum absolute atomic E-state index is 13.4. The minimum Gasteiger partial charge on any atom is -0.497 e. The second-order valence-electron chi connectivity index (χ2n) is 4.82. The van der Waals surface area contributed by atoms with Crippen LogP contribution in [0.25, 0.3) is 11.3 Å². The molecule has 1 aromatic heterocycles. The van der Waals surface area contributed by atoms with Crippen molar-refractivity contribution in [2.75, 3.05) is 13.7 Å². The zero-order chi connectivity index (χ0) is 17.9. The zero-order valence-electron chi connectivity index (χ0n) is 13.4. The van der Waals surface area contributed by atoms with Crippen LogP contribution >= 0.6 is 0 Å². The molecule has 1 aromatic carbocycles. The lowest BCUT2D eigenvalue weighted by atomic mass is 9.99. The van der Waals surface area contributed by atoms with Crippen LogP contribution in [0, 0.1) is 0 Å². The molecule has 5 nitrogen and oxygen atoms in total. The van der Waals surface area contributed by atoms with Crippen molar-refractivity contribution in [3.63, 3.8) is 0 Å². The van der Waals surface area contributed by atoms with E-state index in [1.807, 2.05) is 0 Å². The van der Waals surface area contributed by atoms with Gasteiger partial charge in [-0.2, -0.15) is 13.2 Å². The number of hydrogen-bond donors (Lipinski definition) is 0. The Hall–Kier alpha value is -2.51. The van der Waals surface area contributed by atoms with Crippen molar-refractivity contribution in [1.82, 2.24) is 5.16 Å². The number of alkyl halides is 3. The van der Waals surface area contributed by atoms with Gasteiger partial charge in [0.25, 0.3) is 0 Å². The van der Waals surface area contributed by atoms with Crippen LogP contribution in [0.5, 0.6) is 5.75 Å². The Morgan fingerprint density at radius 2 is 2.00 bits per heavy atom. The maximum Gasteiger partial charge on any atom is 0.417 e. The van der Waals surface area contributed by atoms with Gasteiger partial charge in [-0.15, -0.1) is 0 Å². The second-order valence-corrected chi connectivity index (χ2v) is 4.82. The molecule has 0 saturated heterocycles. The third-order valence-electron chi connectivity index (χ3n) is 3.39. The Balaban J connectivity index is 2.62. The summed E-state index contributed by atoms with van der Waals surface area (Å²) < 4.78 is 54.8. The van der Waals surface area contributed by atoms with Gasteiger partial charge in [-0.25, -0.2) is 4.79 Å². The number of hydrogen-bond acceptors (Lipinski definition) is 5. The van der Waals surface area contributed by atoms with E-state index in [4.69, 9.17) is 14.0 Å². The van der Waals surface area contributed by atoms with E-state index < -0.39 is 17.7 Å². The van der Waals surface area contributed by atoms with Crippen molar-refractivity contribution in [1.29, 1.82) is 0 Å². The highest BCUT2D eigenvalue weighted by Gasteiger charge is 2.36. The van der Waals surface area contributed by atoms with Gasteiger partial charge in [0.15, 0.2) is 11.5 Å². The van der Waals surface area contributed by atoms with Crippen LogP contribution in [-0.4, -0.2) is 24.8 Å². The summed E-state index contributed by atoms with van der Waals surface area (Å²) in [5.41, 5.74) is -0.978. The van der Waals surface area contributed by atoms with Gasteiger partial charge in [0.2, 0.25) is 0 Å².